The molecule has 1 aliphatic heterocycles. The van der Waals surface area contributed by atoms with Crippen LogP contribution in [0.3, 0.4) is 0 Å². The zero-order valence-electron chi connectivity index (χ0n) is 20.8. The number of hydrogen-bond acceptors (Lipinski definition) is 5. The topological polar surface area (TPSA) is 125 Å². The molecule has 9 nitrogen and oxygen atoms in total. The van der Waals surface area contributed by atoms with E-state index in [-0.39, 0.29) is 22.5 Å². The number of anilines is 1. The molecule has 2 aliphatic rings. The first-order valence-electron chi connectivity index (χ1n) is 11.6. The molecule has 1 heterocycles. The Balaban J connectivity index is 1.82. The average molecular weight is 512 g/mol. The van der Waals surface area contributed by atoms with E-state index in [1.165, 1.54) is 0 Å². The van der Waals surface area contributed by atoms with Crippen molar-refractivity contribution < 1.29 is 27.5 Å². The van der Waals surface area contributed by atoms with Crippen LogP contribution in [0.2, 0.25) is 18.1 Å². The maximum absolute atomic E-state index is 13.2. The van der Waals surface area contributed by atoms with E-state index in [2.05, 4.69) is 43.9 Å². The quantitative estimate of drug-likeness (QED) is 0.461. The van der Waals surface area contributed by atoms with Gasteiger partial charge in [0.05, 0.1) is 18.9 Å². The highest BCUT2D eigenvalue weighted by molar-refractivity contribution is 7.88. The molecule has 2 atom stereocenters. The van der Waals surface area contributed by atoms with Crippen molar-refractivity contribution in [3.8, 4) is 0 Å². The minimum atomic E-state index is -3.27. The van der Waals surface area contributed by atoms with Gasteiger partial charge in [-0.05, 0) is 48.7 Å². The van der Waals surface area contributed by atoms with Crippen molar-refractivity contribution in [1.29, 1.82) is 0 Å². The van der Waals surface area contributed by atoms with E-state index in [0.29, 0.717) is 25.2 Å². The number of nitrogens with zero attached hydrogens (tertiary/aromatic N) is 1. The third-order valence-corrected chi connectivity index (χ3v) is 12.5. The second kappa shape index (κ2) is 9.25. The van der Waals surface area contributed by atoms with Gasteiger partial charge in [-0.1, -0.05) is 32.9 Å². The smallest absolute Gasteiger partial charge is 0.405 e. The Labute approximate surface area is 203 Å². The molecule has 0 spiro atoms. The highest BCUT2D eigenvalue weighted by atomic mass is 32.2. The van der Waals surface area contributed by atoms with Gasteiger partial charge >= 0.3 is 6.09 Å². The zero-order chi connectivity index (χ0) is 25.5. The fourth-order valence-corrected chi connectivity index (χ4v) is 5.98. The lowest BCUT2D eigenvalue weighted by Crippen LogP contribution is -2.59. The molecular formula is C23H37N3O6SSi. The fourth-order valence-electron chi connectivity index (χ4n) is 4.08. The van der Waals surface area contributed by atoms with Gasteiger partial charge in [0.15, 0.2) is 8.32 Å². The van der Waals surface area contributed by atoms with E-state index in [1.54, 1.807) is 4.90 Å². The fraction of sp³-hybridized carbons (Fsp3) is 0.652. The van der Waals surface area contributed by atoms with Crippen LogP contribution in [0.5, 0.6) is 0 Å². The van der Waals surface area contributed by atoms with Gasteiger partial charge in [-0.25, -0.2) is 17.9 Å². The second-order valence-electron chi connectivity index (χ2n) is 11.1. The second-order valence-corrected chi connectivity index (χ2v) is 17.7. The number of amides is 2. The number of sulfonamides is 1. The standard InChI is InChI=1S/C23H37N3O6SSi/c1-22(2,3)34(5,6)32-18-13-19(25-21(28)29)20(27)26(14-18)17-9-7-16(8-10-17)23(11-12-23)15-24-33(4,30)31/h7-10,18-19,24-25H,11-15H2,1-6H3,(H,28,29). The first kappa shape index (κ1) is 26.6. The van der Waals surface area contributed by atoms with Crippen LogP contribution in [0.25, 0.3) is 0 Å². The molecule has 2 amide bonds. The van der Waals surface area contributed by atoms with Crippen molar-refractivity contribution in [2.24, 2.45) is 0 Å². The third-order valence-electron chi connectivity index (χ3n) is 7.33. The van der Waals surface area contributed by atoms with E-state index in [4.69, 9.17) is 4.43 Å². The van der Waals surface area contributed by atoms with Gasteiger partial charge in [0.1, 0.15) is 6.04 Å². The number of hydrogen-bond donors (Lipinski definition) is 3. The van der Waals surface area contributed by atoms with Crippen LogP contribution in [-0.2, 0) is 24.7 Å². The van der Waals surface area contributed by atoms with Gasteiger partial charge in [-0.3, -0.25) is 4.79 Å². The number of carbonyl (C=O) groups is 2. The molecule has 1 saturated carbocycles. The Kier molecular flexibility index (Phi) is 7.25. The summed E-state index contributed by atoms with van der Waals surface area (Å²) in [4.78, 5) is 26.1. The number of nitrogens with one attached hydrogen (secondary N) is 2. The van der Waals surface area contributed by atoms with Crippen molar-refractivity contribution in [2.75, 3.05) is 24.2 Å². The Morgan fingerprint density at radius 2 is 1.82 bits per heavy atom. The summed E-state index contributed by atoms with van der Waals surface area (Å²) in [5, 5.41) is 11.6. The van der Waals surface area contributed by atoms with Gasteiger partial charge < -0.3 is 19.7 Å². The highest BCUT2D eigenvalue weighted by Crippen LogP contribution is 2.48. The van der Waals surface area contributed by atoms with Gasteiger partial charge in [-0.15, -0.1) is 0 Å². The molecule has 3 N–H and O–H groups in total. The number of benzene rings is 1. The summed E-state index contributed by atoms with van der Waals surface area (Å²) in [5.41, 5.74) is 1.47. The normalized spacial score (nSPS) is 23.0. The summed E-state index contributed by atoms with van der Waals surface area (Å²) >= 11 is 0. The lowest BCUT2D eigenvalue weighted by atomic mass is 9.95. The molecule has 11 heteroatoms. The summed E-state index contributed by atoms with van der Waals surface area (Å²) in [6.45, 7) is 11.4. The monoisotopic (exact) mass is 511 g/mol. The first-order valence-corrected chi connectivity index (χ1v) is 16.4. The number of carboxylic acid groups (broad SMARTS) is 1. The predicted molar refractivity (Wildman–Crippen MR) is 134 cm³/mol. The Hall–Kier alpha value is -1.95. The SMILES string of the molecule is CC(C)(C)[Si](C)(C)OC1CC(NC(=O)O)C(=O)N(c2ccc(C3(CNS(C)(=O)=O)CC3)cc2)C1. The van der Waals surface area contributed by atoms with Gasteiger partial charge in [0, 0.05) is 24.1 Å². The largest absolute Gasteiger partial charge is 0.465 e. The Bertz CT molecular complexity index is 1030. The first-order chi connectivity index (χ1) is 15.5. The molecule has 1 aromatic carbocycles. The maximum Gasteiger partial charge on any atom is 0.405 e. The van der Waals surface area contributed by atoms with Crippen LogP contribution in [0.4, 0.5) is 10.5 Å². The van der Waals surface area contributed by atoms with E-state index >= 15 is 0 Å². The van der Waals surface area contributed by atoms with Crippen LogP contribution in [0.1, 0.15) is 45.6 Å². The molecule has 0 aromatic heterocycles. The summed E-state index contributed by atoms with van der Waals surface area (Å²) < 4.78 is 32.2. The number of piperidine rings is 1. The van der Waals surface area contributed by atoms with E-state index < -0.39 is 30.5 Å². The van der Waals surface area contributed by atoms with Crippen LogP contribution in [0.15, 0.2) is 24.3 Å². The molecule has 34 heavy (non-hydrogen) atoms. The molecular weight excluding hydrogens is 474 g/mol. The minimum Gasteiger partial charge on any atom is -0.465 e. The number of carbonyl (C=O) groups excluding carboxylic acids is 1. The molecule has 2 unspecified atom stereocenters. The predicted octanol–water partition coefficient (Wildman–Crippen LogP) is 3.03. The molecule has 3 rings (SSSR count). The Morgan fingerprint density at radius 1 is 1.24 bits per heavy atom. The highest BCUT2D eigenvalue weighted by Gasteiger charge is 2.45. The van der Waals surface area contributed by atoms with Crippen molar-refractivity contribution in [2.45, 2.75) is 75.7 Å². The van der Waals surface area contributed by atoms with E-state index in [9.17, 15) is 23.1 Å². The molecule has 0 bridgehead atoms. The average Bonchev–Trinajstić information content (AvgIpc) is 3.48. The van der Waals surface area contributed by atoms with Gasteiger partial charge in [-0.2, -0.15) is 0 Å². The van der Waals surface area contributed by atoms with Crippen molar-refractivity contribution in [3.05, 3.63) is 29.8 Å². The summed E-state index contributed by atoms with van der Waals surface area (Å²) in [5.74, 6) is -0.301. The molecule has 0 radical (unpaired) electrons. The van der Waals surface area contributed by atoms with Gasteiger partial charge in [0.25, 0.3) is 0 Å². The van der Waals surface area contributed by atoms with Crippen LogP contribution in [0, 0.1) is 0 Å². The number of rotatable bonds is 8. The molecule has 1 saturated heterocycles. The van der Waals surface area contributed by atoms with E-state index in [0.717, 1.165) is 24.7 Å². The minimum absolute atomic E-state index is 0.0186. The molecule has 190 valence electrons. The third kappa shape index (κ3) is 6.18. The molecule has 1 aliphatic carbocycles. The Morgan fingerprint density at radius 3 is 2.29 bits per heavy atom. The van der Waals surface area contributed by atoms with Crippen molar-refractivity contribution in [1.82, 2.24) is 10.0 Å². The zero-order valence-corrected chi connectivity index (χ0v) is 22.7. The van der Waals surface area contributed by atoms with E-state index in [1.807, 2.05) is 24.3 Å². The summed E-state index contributed by atoms with van der Waals surface area (Å²) in [6.07, 6.45) is 1.71. The maximum atomic E-state index is 13.2. The van der Waals surface area contributed by atoms with Crippen LogP contribution >= 0.6 is 0 Å². The van der Waals surface area contributed by atoms with Crippen LogP contribution in [-0.4, -0.2) is 65.3 Å². The summed E-state index contributed by atoms with van der Waals surface area (Å²) in [6, 6.07) is 6.67. The lowest BCUT2D eigenvalue weighted by molar-refractivity contribution is -0.123. The van der Waals surface area contributed by atoms with Crippen molar-refractivity contribution in [3.63, 3.8) is 0 Å². The lowest BCUT2D eigenvalue weighted by Gasteiger charge is -2.44. The van der Waals surface area contributed by atoms with Crippen molar-refractivity contribution >= 4 is 36.0 Å². The van der Waals surface area contributed by atoms with Gasteiger partial charge in [0.2, 0.25) is 15.9 Å². The molecule has 1 aromatic rings. The van der Waals surface area contributed by atoms with Crippen LogP contribution < -0.4 is 14.9 Å². The summed E-state index contributed by atoms with van der Waals surface area (Å²) in [7, 11) is -5.41. The molecule has 2 fully saturated rings.